The predicted molar refractivity (Wildman–Crippen MR) is 126 cm³/mol. The lowest BCUT2D eigenvalue weighted by Gasteiger charge is -2.43. The Balaban J connectivity index is 1.33. The second-order valence-corrected chi connectivity index (χ2v) is 10.3. The number of benzene rings is 1. The van der Waals surface area contributed by atoms with Crippen molar-refractivity contribution in [2.75, 3.05) is 12.4 Å². The standard InChI is InChI=1S/C22H23ClN4O2S2/c1-27(19(28)22(10-5-11-22)15-6-3-2-4-7-15)13-16-14-30-21(25-16)26-20(29)24-12-17-8-9-18(23)31-17/h2-4,6-9,14H,5,10-13H2,1H3,(H2,24,25,26,29). The minimum Gasteiger partial charge on any atom is -0.339 e. The van der Waals surface area contributed by atoms with Crippen LogP contribution < -0.4 is 10.6 Å². The Labute approximate surface area is 194 Å². The first-order chi connectivity index (χ1) is 15.0. The van der Waals surface area contributed by atoms with Gasteiger partial charge in [-0.1, -0.05) is 48.4 Å². The minimum absolute atomic E-state index is 0.125. The van der Waals surface area contributed by atoms with Crippen LogP contribution in [0.1, 0.15) is 35.4 Å². The van der Waals surface area contributed by atoms with E-state index in [1.54, 1.807) is 11.0 Å². The smallest absolute Gasteiger partial charge is 0.321 e. The van der Waals surface area contributed by atoms with E-state index < -0.39 is 5.41 Å². The number of halogens is 1. The number of nitrogens with zero attached hydrogens (tertiary/aromatic N) is 2. The number of rotatable bonds is 7. The van der Waals surface area contributed by atoms with E-state index in [4.69, 9.17) is 11.6 Å². The van der Waals surface area contributed by atoms with Crippen molar-refractivity contribution < 1.29 is 9.59 Å². The third kappa shape index (κ3) is 4.92. The highest BCUT2D eigenvalue weighted by atomic mass is 35.5. The van der Waals surface area contributed by atoms with Gasteiger partial charge in [-0.3, -0.25) is 10.1 Å². The SMILES string of the molecule is CN(Cc1csc(NC(=O)NCc2ccc(Cl)s2)n1)C(=O)C1(c2ccccc2)CCC1. The van der Waals surface area contributed by atoms with E-state index in [0.29, 0.717) is 22.6 Å². The number of urea groups is 1. The van der Waals surface area contributed by atoms with Gasteiger partial charge in [0.1, 0.15) is 0 Å². The summed E-state index contributed by atoms with van der Waals surface area (Å²) in [5.41, 5.74) is 1.42. The molecule has 162 valence electrons. The molecule has 0 spiro atoms. The molecular formula is C22H23ClN4O2S2. The summed E-state index contributed by atoms with van der Waals surface area (Å²) in [6.07, 6.45) is 2.81. The van der Waals surface area contributed by atoms with Crippen LogP contribution in [-0.4, -0.2) is 28.9 Å². The lowest BCUT2D eigenvalue weighted by atomic mass is 9.63. The lowest BCUT2D eigenvalue weighted by molar-refractivity contribution is -0.140. The van der Waals surface area contributed by atoms with Crippen molar-refractivity contribution >= 4 is 51.3 Å². The number of anilines is 1. The fourth-order valence-corrected chi connectivity index (χ4v) is 5.51. The van der Waals surface area contributed by atoms with E-state index in [9.17, 15) is 9.59 Å². The van der Waals surface area contributed by atoms with Gasteiger partial charge in [0.25, 0.3) is 0 Å². The number of thiophene rings is 1. The molecule has 0 unspecified atom stereocenters. The van der Waals surface area contributed by atoms with Crippen LogP contribution >= 0.6 is 34.3 Å². The molecule has 3 aromatic rings. The van der Waals surface area contributed by atoms with Gasteiger partial charge in [0.2, 0.25) is 5.91 Å². The molecule has 1 aromatic carbocycles. The van der Waals surface area contributed by atoms with E-state index in [1.165, 1.54) is 22.7 Å². The van der Waals surface area contributed by atoms with E-state index >= 15 is 0 Å². The highest BCUT2D eigenvalue weighted by Gasteiger charge is 2.46. The highest BCUT2D eigenvalue weighted by Crippen LogP contribution is 2.45. The predicted octanol–water partition coefficient (Wildman–Crippen LogP) is 5.26. The van der Waals surface area contributed by atoms with Gasteiger partial charge in [0.05, 0.1) is 28.5 Å². The maximum absolute atomic E-state index is 13.3. The van der Waals surface area contributed by atoms with Crippen LogP contribution in [0.15, 0.2) is 47.8 Å². The van der Waals surface area contributed by atoms with E-state index in [1.807, 2.05) is 48.8 Å². The molecule has 0 aliphatic heterocycles. The van der Waals surface area contributed by atoms with Crippen LogP contribution in [0, 0.1) is 0 Å². The molecule has 1 aliphatic rings. The topological polar surface area (TPSA) is 74.3 Å². The van der Waals surface area contributed by atoms with E-state index in [2.05, 4.69) is 15.6 Å². The average molecular weight is 475 g/mol. The average Bonchev–Trinajstić information content (AvgIpc) is 3.35. The normalized spacial score (nSPS) is 14.5. The van der Waals surface area contributed by atoms with Crippen LogP contribution in [-0.2, 0) is 23.3 Å². The number of amides is 3. The fraction of sp³-hybridized carbons (Fsp3) is 0.318. The number of nitrogens with one attached hydrogen (secondary N) is 2. The Hall–Kier alpha value is -2.42. The van der Waals surface area contributed by atoms with Crippen LogP contribution in [0.3, 0.4) is 0 Å². The summed E-state index contributed by atoms with van der Waals surface area (Å²) in [5, 5.41) is 7.90. The summed E-state index contributed by atoms with van der Waals surface area (Å²) in [6.45, 7) is 0.807. The number of hydrogen-bond acceptors (Lipinski definition) is 5. The molecule has 0 atom stereocenters. The van der Waals surface area contributed by atoms with Gasteiger partial charge in [-0.25, -0.2) is 9.78 Å². The summed E-state index contributed by atoms with van der Waals surface area (Å²) >= 11 is 8.67. The maximum Gasteiger partial charge on any atom is 0.321 e. The molecule has 9 heteroatoms. The van der Waals surface area contributed by atoms with Gasteiger partial charge < -0.3 is 10.2 Å². The molecule has 4 rings (SSSR count). The Morgan fingerprint density at radius 1 is 1.19 bits per heavy atom. The van der Waals surface area contributed by atoms with Crippen LogP contribution in [0.5, 0.6) is 0 Å². The Morgan fingerprint density at radius 2 is 1.97 bits per heavy atom. The maximum atomic E-state index is 13.3. The Kier molecular flexibility index (Phi) is 6.60. The van der Waals surface area contributed by atoms with Crippen LogP contribution in [0.4, 0.5) is 9.93 Å². The molecule has 0 radical (unpaired) electrons. The molecule has 6 nitrogen and oxygen atoms in total. The van der Waals surface area contributed by atoms with Crippen molar-refractivity contribution in [2.24, 2.45) is 0 Å². The zero-order valence-corrected chi connectivity index (χ0v) is 19.4. The summed E-state index contributed by atoms with van der Waals surface area (Å²) in [6, 6.07) is 13.4. The fourth-order valence-electron chi connectivity index (χ4n) is 3.79. The van der Waals surface area contributed by atoms with Gasteiger partial charge in [0, 0.05) is 17.3 Å². The number of carbonyl (C=O) groups is 2. The van der Waals surface area contributed by atoms with E-state index in [-0.39, 0.29) is 11.9 Å². The third-order valence-electron chi connectivity index (χ3n) is 5.51. The van der Waals surface area contributed by atoms with Crippen molar-refractivity contribution in [1.82, 2.24) is 15.2 Å². The monoisotopic (exact) mass is 474 g/mol. The summed E-state index contributed by atoms with van der Waals surface area (Å²) in [5.74, 6) is 0.125. The number of carbonyl (C=O) groups excluding carboxylic acids is 2. The molecule has 0 saturated heterocycles. The third-order valence-corrected chi connectivity index (χ3v) is 7.55. The summed E-state index contributed by atoms with van der Waals surface area (Å²) in [7, 11) is 1.82. The minimum atomic E-state index is -0.419. The molecule has 2 heterocycles. The van der Waals surface area contributed by atoms with Crippen molar-refractivity contribution in [3.8, 4) is 0 Å². The second-order valence-electron chi connectivity index (χ2n) is 7.62. The van der Waals surface area contributed by atoms with Crippen molar-refractivity contribution in [2.45, 2.75) is 37.8 Å². The Bertz CT molecular complexity index is 1060. The zero-order chi connectivity index (χ0) is 21.8. The molecule has 2 aromatic heterocycles. The molecule has 1 fully saturated rings. The van der Waals surface area contributed by atoms with Gasteiger partial charge in [-0.15, -0.1) is 22.7 Å². The molecule has 0 bridgehead atoms. The largest absolute Gasteiger partial charge is 0.339 e. The number of hydrogen-bond donors (Lipinski definition) is 2. The van der Waals surface area contributed by atoms with Gasteiger partial charge in [-0.2, -0.15) is 0 Å². The van der Waals surface area contributed by atoms with Gasteiger partial charge in [-0.05, 0) is 30.5 Å². The quantitative estimate of drug-likeness (QED) is 0.490. The molecule has 31 heavy (non-hydrogen) atoms. The molecule has 2 N–H and O–H groups in total. The first-order valence-corrected chi connectivity index (χ1v) is 12.1. The van der Waals surface area contributed by atoms with Crippen molar-refractivity contribution in [1.29, 1.82) is 0 Å². The molecular weight excluding hydrogens is 452 g/mol. The first kappa shape index (κ1) is 21.8. The highest BCUT2D eigenvalue weighted by molar-refractivity contribution is 7.16. The van der Waals surface area contributed by atoms with E-state index in [0.717, 1.165) is 35.4 Å². The van der Waals surface area contributed by atoms with Crippen molar-refractivity contribution in [3.63, 3.8) is 0 Å². The molecule has 1 saturated carbocycles. The van der Waals surface area contributed by atoms with Gasteiger partial charge >= 0.3 is 6.03 Å². The zero-order valence-electron chi connectivity index (χ0n) is 17.1. The lowest BCUT2D eigenvalue weighted by Crippen LogP contribution is -2.49. The summed E-state index contributed by atoms with van der Waals surface area (Å²) in [4.78, 5) is 32.6. The number of aromatic nitrogens is 1. The molecule has 1 aliphatic carbocycles. The second kappa shape index (κ2) is 9.38. The Morgan fingerprint density at radius 3 is 2.61 bits per heavy atom. The first-order valence-electron chi connectivity index (χ1n) is 10.0. The number of thiazole rings is 1. The summed E-state index contributed by atoms with van der Waals surface area (Å²) < 4.78 is 0.691. The van der Waals surface area contributed by atoms with Crippen LogP contribution in [0.2, 0.25) is 4.34 Å². The molecule has 3 amide bonds. The van der Waals surface area contributed by atoms with Crippen molar-refractivity contribution in [3.05, 3.63) is 68.3 Å². The number of likely N-dealkylation sites (N-methyl/N-ethyl adjacent to an activating group) is 1. The van der Waals surface area contributed by atoms with Gasteiger partial charge in [0.15, 0.2) is 5.13 Å². The van der Waals surface area contributed by atoms with Crippen LogP contribution in [0.25, 0.3) is 0 Å².